The Kier molecular flexibility index (Phi) is 7.84. The van der Waals surface area contributed by atoms with Gasteiger partial charge in [0, 0.05) is 29.6 Å². The minimum Gasteiger partial charge on any atom is -0.345 e. The van der Waals surface area contributed by atoms with Crippen LogP contribution in [0.25, 0.3) is 0 Å². The third kappa shape index (κ3) is 6.19. The summed E-state index contributed by atoms with van der Waals surface area (Å²) >= 11 is 6.20. The SMILES string of the molecule is CC(CC(=O)N[C@@H](C)C(=O)NC1N=C(c2ccccc2)c2cc(Cl)ccc2N(C)C1=O)C(F)(F)F. The molecule has 0 aromatic heterocycles. The van der Waals surface area contributed by atoms with Gasteiger partial charge in [-0.15, -0.1) is 0 Å². The number of fused-ring (bicyclic) bond motifs is 1. The summed E-state index contributed by atoms with van der Waals surface area (Å²) in [6, 6.07) is 12.8. The van der Waals surface area contributed by atoms with Crippen LogP contribution in [-0.4, -0.2) is 48.9 Å². The molecule has 0 spiro atoms. The van der Waals surface area contributed by atoms with Crippen molar-refractivity contribution in [1.29, 1.82) is 0 Å². The second-order valence-electron chi connectivity index (χ2n) is 8.25. The Hall–Kier alpha value is -3.40. The number of rotatable bonds is 6. The lowest BCUT2D eigenvalue weighted by molar-refractivity contribution is -0.174. The van der Waals surface area contributed by atoms with Crippen LogP contribution in [0, 0.1) is 5.92 Å². The molecule has 0 aliphatic carbocycles. The summed E-state index contributed by atoms with van der Waals surface area (Å²) in [4.78, 5) is 43.8. The maximum atomic E-state index is 13.2. The first-order valence-corrected chi connectivity index (χ1v) is 11.1. The largest absolute Gasteiger partial charge is 0.392 e. The molecule has 7 nitrogen and oxygen atoms in total. The summed E-state index contributed by atoms with van der Waals surface area (Å²) in [6.45, 7) is 2.20. The Bertz CT molecular complexity index is 1150. The molecule has 2 N–H and O–H groups in total. The van der Waals surface area contributed by atoms with Crippen LogP contribution < -0.4 is 15.5 Å². The molecule has 0 saturated carbocycles. The van der Waals surface area contributed by atoms with Gasteiger partial charge in [-0.25, -0.2) is 4.99 Å². The van der Waals surface area contributed by atoms with E-state index in [0.29, 0.717) is 27.5 Å². The number of carbonyl (C=O) groups is 3. The number of alkyl halides is 3. The Morgan fingerprint density at radius 1 is 1.14 bits per heavy atom. The summed E-state index contributed by atoms with van der Waals surface area (Å²) in [5, 5.41) is 5.16. The number of anilines is 1. The van der Waals surface area contributed by atoms with Gasteiger partial charge in [0.1, 0.15) is 6.04 Å². The molecule has 2 aromatic rings. The minimum absolute atomic E-state index is 0.418. The van der Waals surface area contributed by atoms with Crippen LogP contribution in [-0.2, 0) is 14.4 Å². The lowest BCUT2D eigenvalue weighted by Gasteiger charge is -2.22. The zero-order valence-corrected chi connectivity index (χ0v) is 19.9. The molecular formula is C24H24ClF3N4O3. The molecule has 1 heterocycles. The molecule has 3 rings (SSSR count). The molecule has 0 bridgehead atoms. The van der Waals surface area contributed by atoms with Crippen molar-refractivity contribution in [3.8, 4) is 0 Å². The van der Waals surface area contributed by atoms with E-state index < -0.39 is 48.4 Å². The Morgan fingerprint density at radius 3 is 2.43 bits per heavy atom. The molecule has 1 aliphatic rings. The van der Waals surface area contributed by atoms with Crippen molar-refractivity contribution in [2.24, 2.45) is 10.9 Å². The highest BCUT2D eigenvalue weighted by Crippen LogP contribution is 2.30. The molecular weight excluding hydrogens is 485 g/mol. The van der Waals surface area contributed by atoms with Crippen molar-refractivity contribution in [1.82, 2.24) is 10.6 Å². The number of carbonyl (C=O) groups excluding carboxylic acids is 3. The third-order valence-electron chi connectivity index (χ3n) is 5.55. The van der Waals surface area contributed by atoms with Crippen LogP contribution in [0.15, 0.2) is 53.5 Å². The van der Waals surface area contributed by atoms with E-state index in [2.05, 4.69) is 15.6 Å². The van der Waals surface area contributed by atoms with E-state index in [1.165, 1.54) is 18.9 Å². The van der Waals surface area contributed by atoms with Crippen molar-refractivity contribution in [2.75, 3.05) is 11.9 Å². The predicted octanol–water partition coefficient (Wildman–Crippen LogP) is 3.69. The van der Waals surface area contributed by atoms with Gasteiger partial charge in [-0.2, -0.15) is 13.2 Å². The Balaban J connectivity index is 1.86. The molecule has 3 atom stereocenters. The van der Waals surface area contributed by atoms with Gasteiger partial charge in [-0.3, -0.25) is 14.4 Å². The van der Waals surface area contributed by atoms with Crippen LogP contribution in [0.1, 0.15) is 31.4 Å². The Labute approximate surface area is 205 Å². The summed E-state index contributed by atoms with van der Waals surface area (Å²) in [5.74, 6) is -4.11. The smallest absolute Gasteiger partial charge is 0.345 e. The minimum atomic E-state index is -4.53. The second-order valence-corrected chi connectivity index (χ2v) is 8.69. The summed E-state index contributed by atoms with van der Waals surface area (Å²) < 4.78 is 38.2. The highest BCUT2D eigenvalue weighted by Gasteiger charge is 2.38. The molecule has 11 heteroatoms. The zero-order chi connectivity index (χ0) is 25.9. The average Bonchev–Trinajstić information content (AvgIpc) is 2.89. The fraction of sp³-hybridized carbons (Fsp3) is 0.333. The number of hydrogen-bond donors (Lipinski definition) is 2. The normalized spacial score (nSPS) is 17.6. The van der Waals surface area contributed by atoms with Gasteiger partial charge in [-0.1, -0.05) is 48.9 Å². The molecule has 0 fully saturated rings. The van der Waals surface area contributed by atoms with Gasteiger partial charge in [0.15, 0.2) is 0 Å². The van der Waals surface area contributed by atoms with Crippen molar-refractivity contribution in [3.05, 3.63) is 64.7 Å². The summed E-state index contributed by atoms with van der Waals surface area (Å²) in [6.07, 6.45) is -6.69. The van der Waals surface area contributed by atoms with Crippen LogP contribution in [0.2, 0.25) is 5.02 Å². The first-order chi connectivity index (χ1) is 16.4. The van der Waals surface area contributed by atoms with E-state index in [4.69, 9.17) is 11.6 Å². The molecule has 1 aliphatic heterocycles. The predicted molar refractivity (Wildman–Crippen MR) is 126 cm³/mol. The number of likely N-dealkylation sites (N-methyl/N-ethyl adjacent to an activating group) is 1. The van der Waals surface area contributed by atoms with Crippen LogP contribution in [0.3, 0.4) is 0 Å². The van der Waals surface area contributed by atoms with Gasteiger partial charge in [0.25, 0.3) is 5.91 Å². The number of amides is 3. The highest BCUT2D eigenvalue weighted by atomic mass is 35.5. The topological polar surface area (TPSA) is 90.9 Å². The molecule has 2 unspecified atom stereocenters. The van der Waals surface area contributed by atoms with E-state index in [1.807, 2.05) is 6.07 Å². The lowest BCUT2D eigenvalue weighted by atomic mass is 10.0. The van der Waals surface area contributed by atoms with Crippen molar-refractivity contribution < 1.29 is 27.6 Å². The lowest BCUT2D eigenvalue weighted by Crippen LogP contribution is -2.52. The van der Waals surface area contributed by atoms with E-state index in [0.717, 1.165) is 6.92 Å². The van der Waals surface area contributed by atoms with E-state index in [-0.39, 0.29) is 0 Å². The van der Waals surface area contributed by atoms with Crippen LogP contribution >= 0.6 is 11.6 Å². The van der Waals surface area contributed by atoms with E-state index in [9.17, 15) is 27.6 Å². The fourth-order valence-corrected chi connectivity index (χ4v) is 3.66. The third-order valence-corrected chi connectivity index (χ3v) is 5.78. The number of nitrogens with one attached hydrogen (secondary N) is 2. The maximum Gasteiger partial charge on any atom is 0.392 e. The van der Waals surface area contributed by atoms with Gasteiger partial charge < -0.3 is 15.5 Å². The number of hydrogen-bond acceptors (Lipinski definition) is 4. The van der Waals surface area contributed by atoms with E-state index >= 15 is 0 Å². The van der Waals surface area contributed by atoms with Crippen molar-refractivity contribution >= 4 is 40.7 Å². The van der Waals surface area contributed by atoms with Crippen LogP contribution in [0.5, 0.6) is 0 Å². The van der Waals surface area contributed by atoms with Gasteiger partial charge >= 0.3 is 6.18 Å². The van der Waals surface area contributed by atoms with Gasteiger partial charge in [0.05, 0.1) is 17.3 Å². The molecule has 186 valence electrons. The second kappa shape index (κ2) is 10.5. The van der Waals surface area contributed by atoms with Crippen molar-refractivity contribution in [2.45, 2.75) is 38.7 Å². The van der Waals surface area contributed by atoms with Gasteiger partial charge in [0.2, 0.25) is 18.0 Å². The first-order valence-electron chi connectivity index (χ1n) is 10.8. The quantitative estimate of drug-likeness (QED) is 0.623. The molecule has 3 amide bonds. The Morgan fingerprint density at radius 2 is 1.80 bits per heavy atom. The standard InChI is InChI=1S/C24H24ClF3N4O3/c1-13(24(26,27)28)11-19(33)29-14(2)22(34)31-21-23(35)32(3)18-10-9-16(25)12-17(18)20(30-21)15-7-5-4-6-8-15/h4-10,12-14,21H,11H2,1-3H3,(H,29,33)(H,31,34)/t13?,14-,21?/m0/s1. The summed E-state index contributed by atoms with van der Waals surface area (Å²) in [7, 11) is 1.53. The number of aliphatic imine (C=N–C) groups is 1. The highest BCUT2D eigenvalue weighted by molar-refractivity contribution is 6.32. The van der Waals surface area contributed by atoms with Crippen LogP contribution in [0.4, 0.5) is 18.9 Å². The zero-order valence-electron chi connectivity index (χ0n) is 19.2. The molecule has 35 heavy (non-hydrogen) atoms. The monoisotopic (exact) mass is 508 g/mol. The average molecular weight is 509 g/mol. The molecule has 0 radical (unpaired) electrons. The number of nitrogens with zero attached hydrogens (tertiary/aromatic N) is 2. The number of benzodiazepines with no additional fused rings is 1. The number of benzene rings is 2. The number of halogens is 4. The molecule has 0 saturated heterocycles. The maximum absolute atomic E-state index is 13.2. The fourth-order valence-electron chi connectivity index (χ4n) is 3.49. The van der Waals surface area contributed by atoms with E-state index in [1.54, 1.807) is 42.5 Å². The summed E-state index contributed by atoms with van der Waals surface area (Å²) in [5.41, 5.74) is 2.21. The van der Waals surface area contributed by atoms with Crippen molar-refractivity contribution in [3.63, 3.8) is 0 Å². The first kappa shape index (κ1) is 26.2. The molecule has 2 aromatic carbocycles. The van der Waals surface area contributed by atoms with Gasteiger partial charge in [-0.05, 0) is 25.1 Å².